The summed E-state index contributed by atoms with van der Waals surface area (Å²) in [7, 11) is 0. The van der Waals surface area contributed by atoms with Gasteiger partial charge in [-0.1, -0.05) is 19.9 Å². The lowest BCUT2D eigenvalue weighted by molar-refractivity contribution is 0.458. The smallest absolute Gasteiger partial charge is 0.0432 e. The normalized spacial score (nSPS) is 18.0. The van der Waals surface area contributed by atoms with Crippen LogP contribution in [0.3, 0.4) is 0 Å². The molecule has 1 saturated heterocycles. The minimum Gasteiger partial charge on any atom is -0.317 e. The van der Waals surface area contributed by atoms with E-state index in [9.17, 15) is 0 Å². The molecule has 0 spiro atoms. The number of rotatable bonds is 2. The fraction of sp³-hybridized carbons (Fsp3) is 0.643. The van der Waals surface area contributed by atoms with Crippen LogP contribution in [0.2, 0.25) is 0 Å². The number of nitrogens with one attached hydrogen (secondary N) is 1. The van der Waals surface area contributed by atoms with Crippen molar-refractivity contribution in [3.63, 3.8) is 0 Å². The third-order valence-electron chi connectivity index (χ3n) is 3.52. The molecule has 2 heterocycles. The molecule has 0 radical (unpaired) electrons. The molecule has 0 amide bonds. The van der Waals surface area contributed by atoms with Gasteiger partial charge in [-0.05, 0) is 56.3 Å². The fourth-order valence-corrected chi connectivity index (χ4v) is 2.48. The zero-order valence-electron chi connectivity index (χ0n) is 10.6. The van der Waals surface area contributed by atoms with E-state index < -0.39 is 0 Å². The average Bonchev–Trinajstić information content (AvgIpc) is 2.30. The summed E-state index contributed by atoms with van der Waals surface area (Å²) in [6.45, 7) is 8.85. The van der Waals surface area contributed by atoms with Crippen molar-refractivity contribution < 1.29 is 0 Å². The van der Waals surface area contributed by atoms with Crippen molar-refractivity contribution in [2.24, 2.45) is 0 Å². The topological polar surface area (TPSA) is 24.9 Å². The molecule has 2 heteroatoms. The molecule has 0 aliphatic carbocycles. The Morgan fingerprint density at radius 2 is 1.94 bits per heavy atom. The third kappa shape index (κ3) is 2.43. The summed E-state index contributed by atoms with van der Waals surface area (Å²) in [4.78, 5) is 4.73. The molecule has 1 N–H and O–H groups in total. The van der Waals surface area contributed by atoms with Gasteiger partial charge in [-0.3, -0.25) is 4.98 Å². The van der Waals surface area contributed by atoms with Crippen LogP contribution >= 0.6 is 0 Å². The number of pyridine rings is 1. The summed E-state index contributed by atoms with van der Waals surface area (Å²) in [6.07, 6.45) is 2.51. The second-order valence-corrected chi connectivity index (χ2v) is 5.09. The fourth-order valence-electron chi connectivity index (χ4n) is 2.48. The Hall–Kier alpha value is -0.890. The van der Waals surface area contributed by atoms with E-state index in [-0.39, 0.29) is 0 Å². The van der Waals surface area contributed by atoms with E-state index in [0.717, 1.165) is 19.0 Å². The number of piperidine rings is 1. The van der Waals surface area contributed by atoms with E-state index >= 15 is 0 Å². The molecule has 1 aromatic rings. The van der Waals surface area contributed by atoms with Crippen molar-refractivity contribution in [1.82, 2.24) is 10.3 Å². The van der Waals surface area contributed by atoms with Crippen LogP contribution in [-0.2, 0) is 0 Å². The quantitative estimate of drug-likeness (QED) is 0.825. The SMILES string of the molecule is Cc1nc(C(C)C)ccc1C1CCNCC1. The predicted molar refractivity (Wildman–Crippen MR) is 67.9 cm³/mol. The van der Waals surface area contributed by atoms with E-state index in [0.29, 0.717) is 5.92 Å². The van der Waals surface area contributed by atoms with Crippen LogP contribution in [0, 0.1) is 6.92 Å². The highest BCUT2D eigenvalue weighted by atomic mass is 14.9. The maximum absolute atomic E-state index is 4.73. The van der Waals surface area contributed by atoms with Crippen LogP contribution in [-0.4, -0.2) is 18.1 Å². The Kier molecular flexibility index (Phi) is 3.59. The minimum atomic E-state index is 0.528. The largest absolute Gasteiger partial charge is 0.317 e. The van der Waals surface area contributed by atoms with Crippen molar-refractivity contribution in [2.75, 3.05) is 13.1 Å². The van der Waals surface area contributed by atoms with Gasteiger partial charge in [-0.25, -0.2) is 0 Å². The Balaban J connectivity index is 2.21. The highest BCUT2D eigenvalue weighted by molar-refractivity contribution is 5.27. The molecule has 1 aromatic heterocycles. The monoisotopic (exact) mass is 218 g/mol. The minimum absolute atomic E-state index is 0.528. The van der Waals surface area contributed by atoms with Crippen molar-refractivity contribution in [2.45, 2.75) is 45.4 Å². The molecule has 88 valence electrons. The summed E-state index contributed by atoms with van der Waals surface area (Å²) in [5.41, 5.74) is 3.92. The zero-order chi connectivity index (χ0) is 11.5. The number of hydrogen-bond donors (Lipinski definition) is 1. The summed E-state index contributed by atoms with van der Waals surface area (Å²) in [5, 5.41) is 3.41. The van der Waals surface area contributed by atoms with Gasteiger partial charge in [-0.15, -0.1) is 0 Å². The lowest BCUT2D eigenvalue weighted by Gasteiger charge is -2.24. The summed E-state index contributed by atoms with van der Waals surface area (Å²) < 4.78 is 0. The Morgan fingerprint density at radius 3 is 2.50 bits per heavy atom. The summed E-state index contributed by atoms with van der Waals surface area (Å²) in [6, 6.07) is 4.50. The second-order valence-electron chi connectivity index (χ2n) is 5.09. The lowest BCUT2D eigenvalue weighted by atomic mass is 9.89. The molecule has 0 unspecified atom stereocenters. The van der Waals surface area contributed by atoms with Gasteiger partial charge in [0.05, 0.1) is 0 Å². The molecule has 16 heavy (non-hydrogen) atoms. The van der Waals surface area contributed by atoms with E-state index in [1.54, 1.807) is 0 Å². The number of hydrogen-bond acceptors (Lipinski definition) is 2. The first-order chi connectivity index (χ1) is 7.68. The number of nitrogens with zero attached hydrogens (tertiary/aromatic N) is 1. The first-order valence-electron chi connectivity index (χ1n) is 6.36. The van der Waals surface area contributed by atoms with E-state index in [1.165, 1.54) is 29.8 Å². The van der Waals surface area contributed by atoms with Crippen LogP contribution in [0.25, 0.3) is 0 Å². The summed E-state index contributed by atoms with van der Waals surface area (Å²) in [5.74, 6) is 1.25. The molecular weight excluding hydrogens is 196 g/mol. The van der Waals surface area contributed by atoms with Gasteiger partial charge in [0.1, 0.15) is 0 Å². The third-order valence-corrected chi connectivity index (χ3v) is 3.52. The molecule has 2 nitrogen and oxygen atoms in total. The highest BCUT2D eigenvalue weighted by Crippen LogP contribution is 2.28. The lowest BCUT2D eigenvalue weighted by Crippen LogP contribution is -2.27. The predicted octanol–water partition coefficient (Wildman–Crippen LogP) is 2.98. The van der Waals surface area contributed by atoms with Crippen LogP contribution in [0.4, 0.5) is 0 Å². The van der Waals surface area contributed by atoms with Gasteiger partial charge in [0.15, 0.2) is 0 Å². The maximum atomic E-state index is 4.73. The second kappa shape index (κ2) is 4.96. The van der Waals surface area contributed by atoms with Crippen LogP contribution in [0.5, 0.6) is 0 Å². The Bertz CT molecular complexity index is 352. The van der Waals surface area contributed by atoms with E-state index in [2.05, 4.69) is 38.2 Å². The molecule has 0 atom stereocenters. The van der Waals surface area contributed by atoms with Crippen LogP contribution in [0.1, 0.15) is 55.5 Å². The molecule has 0 aromatic carbocycles. The highest BCUT2D eigenvalue weighted by Gasteiger charge is 2.17. The van der Waals surface area contributed by atoms with E-state index in [4.69, 9.17) is 4.98 Å². The van der Waals surface area contributed by atoms with Gasteiger partial charge in [0.2, 0.25) is 0 Å². The standard InChI is InChI=1S/C14H22N2/c1-10(2)14-5-4-13(11(3)16-14)12-6-8-15-9-7-12/h4-5,10,12,15H,6-9H2,1-3H3. The molecule has 1 aliphatic rings. The first-order valence-corrected chi connectivity index (χ1v) is 6.36. The van der Waals surface area contributed by atoms with Gasteiger partial charge in [0, 0.05) is 11.4 Å². The van der Waals surface area contributed by atoms with Crippen LogP contribution in [0.15, 0.2) is 12.1 Å². The molecule has 1 fully saturated rings. The number of aryl methyl sites for hydroxylation is 1. The maximum Gasteiger partial charge on any atom is 0.0432 e. The zero-order valence-corrected chi connectivity index (χ0v) is 10.6. The van der Waals surface area contributed by atoms with Gasteiger partial charge in [-0.2, -0.15) is 0 Å². The molecule has 2 rings (SSSR count). The van der Waals surface area contributed by atoms with Gasteiger partial charge in [0.25, 0.3) is 0 Å². The number of aromatic nitrogens is 1. The molecule has 0 saturated carbocycles. The van der Waals surface area contributed by atoms with Crippen molar-refractivity contribution >= 4 is 0 Å². The Labute approximate surface area is 98.5 Å². The average molecular weight is 218 g/mol. The van der Waals surface area contributed by atoms with Crippen molar-refractivity contribution in [3.05, 3.63) is 29.1 Å². The molecule has 1 aliphatic heterocycles. The van der Waals surface area contributed by atoms with Crippen molar-refractivity contribution in [1.29, 1.82) is 0 Å². The molecular formula is C14H22N2. The van der Waals surface area contributed by atoms with E-state index in [1.807, 2.05) is 0 Å². The van der Waals surface area contributed by atoms with Crippen molar-refractivity contribution in [3.8, 4) is 0 Å². The van der Waals surface area contributed by atoms with Crippen LogP contribution < -0.4 is 5.32 Å². The van der Waals surface area contributed by atoms with Gasteiger partial charge >= 0.3 is 0 Å². The Morgan fingerprint density at radius 1 is 1.25 bits per heavy atom. The first kappa shape index (κ1) is 11.6. The van der Waals surface area contributed by atoms with Gasteiger partial charge < -0.3 is 5.32 Å². The molecule has 0 bridgehead atoms. The summed E-state index contributed by atoms with van der Waals surface area (Å²) >= 11 is 0.